The molecule has 0 spiro atoms. The lowest BCUT2D eigenvalue weighted by molar-refractivity contribution is 0.144. The Hall–Kier alpha value is -3.39. The van der Waals surface area contributed by atoms with E-state index >= 15 is 0 Å². The van der Waals surface area contributed by atoms with Gasteiger partial charge < -0.3 is 20.3 Å². The van der Waals surface area contributed by atoms with E-state index in [9.17, 15) is 9.59 Å². The number of anilines is 1. The molecular formula is C27H35N5O3. The first-order valence-corrected chi connectivity index (χ1v) is 12.5. The van der Waals surface area contributed by atoms with Crippen LogP contribution < -0.4 is 10.6 Å². The average Bonchev–Trinajstić information content (AvgIpc) is 3.19. The molecule has 1 aromatic heterocycles. The number of urea groups is 1. The maximum atomic E-state index is 13.1. The maximum absolute atomic E-state index is 13.1. The number of ether oxygens (including phenoxy) is 1. The highest BCUT2D eigenvalue weighted by atomic mass is 16.6. The monoisotopic (exact) mass is 477 g/mol. The van der Waals surface area contributed by atoms with Crippen LogP contribution >= 0.6 is 0 Å². The summed E-state index contributed by atoms with van der Waals surface area (Å²) in [5.41, 5.74) is 3.08. The van der Waals surface area contributed by atoms with Gasteiger partial charge in [-0.15, -0.1) is 0 Å². The summed E-state index contributed by atoms with van der Waals surface area (Å²) in [6.07, 6.45) is 4.65. The molecule has 2 aromatic carbocycles. The number of rotatable bonds is 7. The van der Waals surface area contributed by atoms with Crippen LogP contribution in [0.2, 0.25) is 0 Å². The third-order valence-corrected chi connectivity index (χ3v) is 6.68. The molecule has 0 radical (unpaired) electrons. The molecule has 186 valence electrons. The molecular weight excluding hydrogens is 442 g/mol. The Labute approximate surface area is 206 Å². The van der Waals surface area contributed by atoms with E-state index in [2.05, 4.69) is 39.8 Å². The molecule has 1 fully saturated rings. The number of carbonyl (C=O) groups is 2. The molecule has 2 N–H and O–H groups in total. The lowest BCUT2D eigenvalue weighted by Gasteiger charge is -2.38. The van der Waals surface area contributed by atoms with Gasteiger partial charge in [0.05, 0.1) is 23.9 Å². The van der Waals surface area contributed by atoms with Crippen LogP contribution in [-0.4, -0.2) is 53.0 Å². The van der Waals surface area contributed by atoms with Gasteiger partial charge in [-0.05, 0) is 63.5 Å². The minimum atomic E-state index is -0.489. The second kappa shape index (κ2) is 11.4. The molecule has 2 heterocycles. The van der Waals surface area contributed by atoms with E-state index in [0.717, 1.165) is 43.2 Å². The van der Waals surface area contributed by atoms with E-state index in [1.165, 1.54) is 11.1 Å². The van der Waals surface area contributed by atoms with Crippen molar-refractivity contribution in [2.45, 2.75) is 58.0 Å². The molecule has 3 aromatic rings. The molecule has 1 saturated heterocycles. The van der Waals surface area contributed by atoms with Crippen LogP contribution in [0.5, 0.6) is 0 Å². The summed E-state index contributed by atoms with van der Waals surface area (Å²) in [7, 11) is 2.13. The molecule has 8 heteroatoms. The third-order valence-electron chi connectivity index (χ3n) is 6.68. The van der Waals surface area contributed by atoms with E-state index in [4.69, 9.17) is 4.74 Å². The number of carbonyl (C=O) groups excluding carboxylic acids is 2. The normalized spacial score (nSPS) is 17.2. The summed E-state index contributed by atoms with van der Waals surface area (Å²) in [5, 5.41) is 11.3. The Bertz CT molecular complexity index is 1160. The predicted octanol–water partition coefficient (Wildman–Crippen LogP) is 5.48. The third kappa shape index (κ3) is 5.82. The Morgan fingerprint density at radius 3 is 2.71 bits per heavy atom. The zero-order chi connectivity index (χ0) is 24.8. The van der Waals surface area contributed by atoms with Crippen molar-refractivity contribution in [1.82, 2.24) is 20.0 Å². The Morgan fingerprint density at radius 1 is 1.17 bits per heavy atom. The number of fused-ring (bicyclic) bond motifs is 1. The van der Waals surface area contributed by atoms with Crippen LogP contribution in [0.4, 0.5) is 15.3 Å². The number of amides is 2. The van der Waals surface area contributed by atoms with Gasteiger partial charge in [0.25, 0.3) is 0 Å². The van der Waals surface area contributed by atoms with E-state index in [1.54, 1.807) is 12.1 Å². The summed E-state index contributed by atoms with van der Waals surface area (Å²) in [4.78, 5) is 27.9. The number of benzene rings is 2. The highest BCUT2D eigenvalue weighted by Crippen LogP contribution is 2.28. The number of unbranched alkanes of at least 4 members (excludes halogenated alkanes) is 1. The van der Waals surface area contributed by atoms with Crippen molar-refractivity contribution in [2.75, 3.05) is 25.5 Å². The zero-order valence-electron chi connectivity index (χ0n) is 20.8. The van der Waals surface area contributed by atoms with Gasteiger partial charge in [-0.25, -0.2) is 9.59 Å². The summed E-state index contributed by atoms with van der Waals surface area (Å²) in [6.45, 7) is 5.28. The first-order chi connectivity index (χ1) is 17.0. The fourth-order valence-corrected chi connectivity index (χ4v) is 4.74. The van der Waals surface area contributed by atoms with Crippen molar-refractivity contribution in [3.8, 4) is 0 Å². The van der Waals surface area contributed by atoms with Crippen molar-refractivity contribution in [3.05, 3.63) is 59.8 Å². The van der Waals surface area contributed by atoms with Crippen LogP contribution in [0.3, 0.4) is 0 Å². The summed E-state index contributed by atoms with van der Waals surface area (Å²) >= 11 is 0. The quantitative estimate of drug-likeness (QED) is 0.440. The van der Waals surface area contributed by atoms with E-state index in [1.807, 2.05) is 38.1 Å². The SMILES string of the molecule is CCCCOC(=O)n1nc(C)c2cc(NC(=O)NC(c3ccccc3)C3CCCCN3C)ccc21. The highest BCUT2D eigenvalue weighted by Gasteiger charge is 2.30. The number of aryl methyl sites for hydroxylation is 1. The number of nitrogens with zero attached hydrogens (tertiary/aromatic N) is 3. The molecule has 35 heavy (non-hydrogen) atoms. The van der Waals surface area contributed by atoms with Crippen molar-refractivity contribution in [1.29, 1.82) is 0 Å². The molecule has 2 unspecified atom stereocenters. The molecule has 2 amide bonds. The van der Waals surface area contributed by atoms with Crippen LogP contribution in [0.25, 0.3) is 10.9 Å². The Morgan fingerprint density at radius 2 is 1.97 bits per heavy atom. The molecule has 1 aliphatic rings. The largest absolute Gasteiger partial charge is 0.448 e. The molecule has 0 aliphatic carbocycles. The lowest BCUT2D eigenvalue weighted by atomic mass is 9.91. The summed E-state index contributed by atoms with van der Waals surface area (Å²) < 4.78 is 6.60. The van der Waals surface area contributed by atoms with Gasteiger partial charge >= 0.3 is 12.1 Å². The van der Waals surface area contributed by atoms with Gasteiger partial charge in [0.1, 0.15) is 0 Å². The molecule has 1 aliphatic heterocycles. The number of aromatic nitrogens is 2. The van der Waals surface area contributed by atoms with E-state index in [-0.39, 0.29) is 18.1 Å². The van der Waals surface area contributed by atoms with Crippen molar-refractivity contribution in [2.24, 2.45) is 0 Å². The fourth-order valence-electron chi connectivity index (χ4n) is 4.74. The number of likely N-dealkylation sites (N-methyl/N-ethyl adjacent to an activating group) is 1. The van der Waals surface area contributed by atoms with Gasteiger partial charge in [-0.3, -0.25) is 0 Å². The van der Waals surface area contributed by atoms with Gasteiger partial charge in [-0.2, -0.15) is 9.78 Å². The van der Waals surface area contributed by atoms with Gasteiger partial charge in [0.15, 0.2) is 0 Å². The molecule has 2 atom stereocenters. The lowest BCUT2D eigenvalue weighted by Crippen LogP contribution is -2.47. The second-order valence-electron chi connectivity index (χ2n) is 9.23. The zero-order valence-corrected chi connectivity index (χ0v) is 20.8. The topological polar surface area (TPSA) is 88.5 Å². The van der Waals surface area contributed by atoms with E-state index in [0.29, 0.717) is 23.5 Å². The number of piperidine rings is 1. The van der Waals surface area contributed by atoms with Crippen molar-refractivity contribution in [3.63, 3.8) is 0 Å². The first kappa shape index (κ1) is 24.7. The van der Waals surface area contributed by atoms with Gasteiger partial charge in [-0.1, -0.05) is 50.1 Å². The highest BCUT2D eigenvalue weighted by molar-refractivity contribution is 5.95. The van der Waals surface area contributed by atoms with Gasteiger partial charge in [0.2, 0.25) is 0 Å². The Balaban J connectivity index is 1.50. The number of hydrogen-bond acceptors (Lipinski definition) is 5. The second-order valence-corrected chi connectivity index (χ2v) is 9.23. The number of nitrogens with one attached hydrogen (secondary N) is 2. The molecule has 8 nitrogen and oxygen atoms in total. The standard InChI is InChI=1S/C27H35N5O3/c1-4-5-17-35-27(34)32-23-15-14-21(18-22(23)19(2)30-32)28-26(33)29-25(20-11-7-6-8-12-20)24-13-9-10-16-31(24)3/h6-8,11-12,14-15,18,24-25H,4-5,9-10,13,16-17H2,1-3H3,(H2,28,29,33). The molecule has 0 bridgehead atoms. The number of likely N-dealkylation sites (tertiary alicyclic amines) is 1. The van der Waals surface area contributed by atoms with Crippen LogP contribution in [0.1, 0.15) is 56.3 Å². The van der Waals surface area contributed by atoms with Crippen molar-refractivity contribution >= 4 is 28.7 Å². The Kier molecular flexibility index (Phi) is 8.02. The summed E-state index contributed by atoms with van der Waals surface area (Å²) in [6, 6.07) is 15.4. The van der Waals surface area contributed by atoms with Crippen molar-refractivity contribution < 1.29 is 14.3 Å². The smallest absolute Gasteiger partial charge is 0.435 e. The minimum absolute atomic E-state index is 0.118. The molecule has 0 saturated carbocycles. The van der Waals surface area contributed by atoms with Crippen LogP contribution in [-0.2, 0) is 4.74 Å². The van der Waals surface area contributed by atoms with Gasteiger partial charge in [0, 0.05) is 17.1 Å². The first-order valence-electron chi connectivity index (χ1n) is 12.5. The van der Waals surface area contributed by atoms with E-state index < -0.39 is 6.09 Å². The predicted molar refractivity (Wildman–Crippen MR) is 138 cm³/mol. The maximum Gasteiger partial charge on any atom is 0.435 e. The minimum Gasteiger partial charge on any atom is -0.448 e. The summed E-state index contributed by atoms with van der Waals surface area (Å²) in [5.74, 6) is 0. The van der Waals surface area contributed by atoms with Crippen LogP contribution in [0.15, 0.2) is 48.5 Å². The fraction of sp³-hybridized carbons (Fsp3) is 0.444. The average molecular weight is 478 g/mol. The van der Waals surface area contributed by atoms with Crippen LogP contribution in [0, 0.1) is 6.92 Å². The molecule has 4 rings (SSSR count). The number of hydrogen-bond donors (Lipinski definition) is 2.